The number of carbonyl (C=O) groups excluding carboxylic acids is 1. The molecule has 0 aliphatic heterocycles. The maximum Gasteiger partial charge on any atom is 0.318 e. The van der Waals surface area contributed by atoms with Crippen LogP contribution in [0, 0.1) is 0 Å². The summed E-state index contributed by atoms with van der Waals surface area (Å²) in [6, 6.07) is 0. The van der Waals surface area contributed by atoms with Crippen molar-refractivity contribution in [2.75, 3.05) is 13.2 Å². The summed E-state index contributed by atoms with van der Waals surface area (Å²) in [5.74, 6) is -0.266. The third kappa shape index (κ3) is 3.29. The summed E-state index contributed by atoms with van der Waals surface area (Å²) < 4.78 is 15.5. The topological polar surface area (TPSA) is 74.5 Å². The Morgan fingerprint density at radius 3 is 2.61 bits per heavy atom. The van der Waals surface area contributed by atoms with Crippen LogP contribution in [0.4, 0.5) is 0 Å². The van der Waals surface area contributed by atoms with Crippen LogP contribution in [0.25, 0.3) is 0 Å². The molecule has 0 amide bonds. The van der Waals surface area contributed by atoms with Gasteiger partial charge in [0.2, 0.25) is 11.7 Å². The average molecular weight is 256 g/mol. The Labute approximate surface area is 107 Å². The number of hydrogen-bond acceptors (Lipinski definition) is 6. The van der Waals surface area contributed by atoms with Gasteiger partial charge in [-0.15, -0.1) is 0 Å². The van der Waals surface area contributed by atoms with Gasteiger partial charge in [0.15, 0.2) is 0 Å². The van der Waals surface area contributed by atoms with Gasteiger partial charge in [-0.2, -0.15) is 4.98 Å². The summed E-state index contributed by atoms with van der Waals surface area (Å²) in [5, 5.41) is 3.85. The van der Waals surface area contributed by atoms with Gasteiger partial charge in [0, 0.05) is 6.61 Å². The molecule has 0 saturated heterocycles. The number of ether oxygens (including phenoxy) is 2. The maximum absolute atomic E-state index is 11.5. The predicted octanol–water partition coefficient (Wildman–Crippen LogP) is 2.01. The first-order chi connectivity index (χ1) is 8.42. The van der Waals surface area contributed by atoms with Crippen molar-refractivity contribution in [1.29, 1.82) is 0 Å². The van der Waals surface area contributed by atoms with Crippen LogP contribution >= 0.6 is 0 Å². The fourth-order valence-electron chi connectivity index (χ4n) is 1.45. The normalized spacial score (nSPS) is 13.4. The lowest BCUT2D eigenvalue weighted by molar-refractivity contribution is -0.145. The van der Waals surface area contributed by atoms with Crippen molar-refractivity contribution in [2.45, 2.75) is 46.1 Å². The fraction of sp³-hybridized carbons (Fsp3) is 0.750. The Bertz CT molecular complexity index is 401. The van der Waals surface area contributed by atoms with Crippen molar-refractivity contribution in [3.8, 4) is 0 Å². The molecule has 1 rings (SSSR count). The van der Waals surface area contributed by atoms with E-state index in [0.717, 1.165) is 0 Å². The van der Waals surface area contributed by atoms with Gasteiger partial charge >= 0.3 is 5.97 Å². The van der Waals surface area contributed by atoms with Gasteiger partial charge < -0.3 is 14.0 Å². The zero-order valence-corrected chi connectivity index (χ0v) is 11.5. The van der Waals surface area contributed by atoms with E-state index in [1.165, 1.54) is 0 Å². The molecule has 0 aromatic carbocycles. The minimum atomic E-state index is -0.634. The van der Waals surface area contributed by atoms with Gasteiger partial charge in [-0.05, 0) is 34.6 Å². The van der Waals surface area contributed by atoms with E-state index >= 15 is 0 Å². The predicted molar refractivity (Wildman–Crippen MR) is 64.0 cm³/mol. The van der Waals surface area contributed by atoms with Crippen molar-refractivity contribution in [2.24, 2.45) is 0 Å². The van der Waals surface area contributed by atoms with E-state index in [4.69, 9.17) is 14.0 Å². The van der Waals surface area contributed by atoms with Crippen molar-refractivity contribution in [3.63, 3.8) is 0 Å². The second-order valence-electron chi connectivity index (χ2n) is 4.37. The van der Waals surface area contributed by atoms with Gasteiger partial charge in [-0.3, -0.25) is 4.79 Å². The number of nitrogens with zero attached hydrogens (tertiary/aromatic N) is 2. The number of hydrogen-bond donors (Lipinski definition) is 0. The van der Waals surface area contributed by atoms with Crippen molar-refractivity contribution < 1.29 is 18.8 Å². The summed E-state index contributed by atoms with van der Waals surface area (Å²) in [4.78, 5) is 15.7. The molecule has 102 valence electrons. The van der Waals surface area contributed by atoms with Crippen LogP contribution in [-0.2, 0) is 19.9 Å². The van der Waals surface area contributed by atoms with Crippen molar-refractivity contribution in [1.82, 2.24) is 10.1 Å². The number of carbonyl (C=O) groups is 1. The Hall–Kier alpha value is -1.43. The molecule has 1 atom stereocenters. The Morgan fingerprint density at radius 1 is 1.39 bits per heavy atom. The summed E-state index contributed by atoms with van der Waals surface area (Å²) in [6.45, 7) is 9.88. The molecule has 0 aliphatic rings. The van der Waals surface area contributed by atoms with Crippen LogP contribution in [0.2, 0.25) is 0 Å². The maximum atomic E-state index is 11.5. The first kappa shape index (κ1) is 14.6. The van der Waals surface area contributed by atoms with E-state index in [-0.39, 0.29) is 11.9 Å². The quantitative estimate of drug-likeness (QED) is 0.725. The highest BCUT2D eigenvalue weighted by atomic mass is 16.5. The second kappa shape index (κ2) is 5.95. The van der Waals surface area contributed by atoms with Crippen LogP contribution in [0.5, 0.6) is 0 Å². The standard InChI is InChI=1S/C12H20N2O4/c1-6-16-10(15)8(3)9-13-11(14-18-9)12(4,5)17-7-2/h8H,6-7H2,1-5H3. The van der Waals surface area contributed by atoms with E-state index in [1.54, 1.807) is 13.8 Å². The highest BCUT2D eigenvalue weighted by Crippen LogP contribution is 2.24. The van der Waals surface area contributed by atoms with Gasteiger partial charge in [0.05, 0.1) is 6.61 Å². The van der Waals surface area contributed by atoms with Gasteiger partial charge in [0.1, 0.15) is 11.5 Å². The van der Waals surface area contributed by atoms with E-state index in [2.05, 4.69) is 10.1 Å². The van der Waals surface area contributed by atoms with E-state index < -0.39 is 11.5 Å². The first-order valence-electron chi connectivity index (χ1n) is 6.07. The Balaban J connectivity index is 2.83. The van der Waals surface area contributed by atoms with Gasteiger partial charge in [-0.1, -0.05) is 5.16 Å². The summed E-state index contributed by atoms with van der Waals surface area (Å²) >= 11 is 0. The Kier molecular flexibility index (Phi) is 4.84. The smallest absolute Gasteiger partial charge is 0.318 e. The summed E-state index contributed by atoms with van der Waals surface area (Å²) in [5.41, 5.74) is -0.634. The highest BCUT2D eigenvalue weighted by Gasteiger charge is 2.30. The lowest BCUT2D eigenvalue weighted by Gasteiger charge is -2.19. The molecule has 1 heterocycles. The fourth-order valence-corrected chi connectivity index (χ4v) is 1.45. The molecule has 0 saturated carbocycles. The zero-order valence-electron chi connectivity index (χ0n) is 11.5. The van der Waals surface area contributed by atoms with Gasteiger partial charge in [-0.25, -0.2) is 0 Å². The van der Waals surface area contributed by atoms with Crippen LogP contribution in [0.1, 0.15) is 52.3 Å². The molecule has 1 aromatic rings. The average Bonchev–Trinajstić information content (AvgIpc) is 2.78. The van der Waals surface area contributed by atoms with E-state index in [9.17, 15) is 4.79 Å². The highest BCUT2D eigenvalue weighted by molar-refractivity contribution is 5.76. The zero-order chi connectivity index (χ0) is 13.8. The molecular formula is C12H20N2O4. The van der Waals surface area contributed by atoms with E-state index in [0.29, 0.717) is 19.0 Å². The molecule has 0 bridgehead atoms. The molecule has 6 nitrogen and oxygen atoms in total. The third-order valence-corrected chi connectivity index (χ3v) is 2.50. The van der Waals surface area contributed by atoms with Crippen molar-refractivity contribution in [3.05, 3.63) is 11.7 Å². The van der Waals surface area contributed by atoms with Crippen LogP contribution in [-0.4, -0.2) is 29.3 Å². The van der Waals surface area contributed by atoms with Crippen LogP contribution in [0.3, 0.4) is 0 Å². The lowest BCUT2D eigenvalue weighted by Crippen LogP contribution is -2.23. The number of esters is 1. The van der Waals surface area contributed by atoms with Crippen molar-refractivity contribution >= 4 is 5.97 Å². The van der Waals surface area contributed by atoms with Crippen LogP contribution in [0.15, 0.2) is 4.52 Å². The molecule has 0 radical (unpaired) electrons. The molecule has 6 heteroatoms. The Morgan fingerprint density at radius 2 is 2.06 bits per heavy atom. The summed E-state index contributed by atoms with van der Waals surface area (Å²) in [7, 11) is 0. The molecule has 18 heavy (non-hydrogen) atoms. The lowest BCUT2D eigenvalue weighted by atomic mass is 10.1. The third-order valence-electron chi connectivity index (χ3n) is 2.50. The molecule has 1 aromatic heterocycles. The minimum Gasteiger partial charge on any atom is -0.465 e. The summed E-state index contributed by atoms with van der Waals surface area (Å²) in [6.07, 6.45) is 0. The molecule has 0 aliphatic carbocycles. The van der Waals surface area contributed by atoms with Crippen LogP contribution < -0.4 is 0 Å². The number of aromatic nitrogens is 2. The molecule has 0 fully saturated rings. The molecule has 0 spiro atoms. The minimum absolute atomic E-state index is 0.247. The first-order valence-corrected chi connectivity index (χ1v) is 6.07. The SMILES string of the molecule is CCOC(=O)C(C)c1nc(C(C)(C)OCC)no1. The number of rotatable bonds is 6. The van der Waals surface area contributed by atoms with Gasteiger partial charge in [0.25, 0.3) is 0 Å². The second-order valence-corrected chi connectivity index (χ2v) is 4.37. The van der Waals surface area contributed by atoms with E-state index in [1.807, 2.05) is 20.8 Å². The molecule has 0 N–H and O–H groups in total. The monoisotopic (exact) mass is 256 g/mol. The molecule has 1 unspecified atom stereocenters. The largest absolute Gasteiger partial charge is 0.465 e. The molecular weight excluding hydrogens is 236 g/mol.